The maximum absolute atomic E-state index is 12.4. The van der Waals surface area contributed by atoms with Gasteiger partial charge in [-0.1, -0.05) is 42.5 Å². The first kappa shape index (κ1) is 16.4. The van der Waals surface area contributed by atoms with Gasteiger partial charge in [0.15, 0.2) is 0 Å². The fraction of sp³-hybridized carbons (Fsp3) is 0.200. The molecule has 0 aliphatic rings. The van der Waals surface area contributed by atoms with Gasteiger partial charge < -0.3 is 11.1 Å². The van der Waals surface area contributed by atoms with Crippen molar-refractivity contribution in [3.63, 3.8) is 0 Å². The van der Waals surface area contributed by atoms with Crippen molar-refractivity contribution in [3.8, 4) is 0 Å². The lowest BCUT2D eigenvalue weighted by Crippen LogP contribution is -2.18. The quantitative estimate of drug-likeness (QED) is 0.876. The molecule has 0 aliphatic carbocycles. The molecule has 1 atom stereocenters. The molecule has 0 bridgehead atoms. The van der Waals surface area contributed by atoms with Crippen LogP contribution in [0.4, 0.5) is 14.5 Å². The lowest BCUT2D eigenvalue weighted by atomic mass is 10.1. The number of nitrogens with one attached hydrogen (secondary N) is 1. The number of nitrogens with two attached hydrogens (primary N) is 1. The number of hydrogen-bond donors (Lipinski definition) is 2. The Labute approximate surface area is 123 Å². The highest BCUT2D eigenvalue weighted by Crippen LogP contribution is 2.20. The van der Waals surface area contributed by atoms with Crippen LogP contribution in [0.25, 0.3) is 0 Å². The number of rotatable bonds is 5. The van der Waals surface area contributed by atoms with Crippen LogP contribution in [0.2, 0.25) is 0 Å². The lowest BCUT2D eigenvalue weighted by Gasteiger charge is -2.12. The average Bonchev–Trinajstić information content (AvgIpc) is 2.46. The third-order valence-corrected chi connectivity index (χ3v) is 2.91. The molecule has 0 aromatic heterocycles. The molecule has 0 fully saturated rings. The summed E-state index contributed by atoms with van der Waals surface area (Å²) < 4.78 is 24.9. The Hall–Kier alpha value is -1.65. The van der Waals surface area contributed by atoms with E-state index in [2.05, 4.69) is 5.32 Å². The van der Waals surface area contributed by atoms with Crippen LogP contribution in [0.1, 0.15) is 17.2 Å². The molecule has 2 rings (SSSR count). The van der Waals surface area contributed by atoms with Crippen molar-refractivity contribution in [2.75, 3.05) is 5.32 Å². The number of hydrogen-bond acceptors (Lipinski definition) is 2. The normalized spacial score (nSPS) is 11.8. The first-order valence-corrected chi connectivity index (χ1v) is 6.08. The van der Waals surface area contributed by atoms with Crippen LogP contribution in [-0.4, -0.2) is 6.43 Å². The summed E-state index contributed by atoms with van der Waals surface area (Å²) in [4.78, 5) is 0. The summed E-state index contributed by atoms with van der Waals surface area (Å²) >= 11 is 0. The van der Waals surface area contributed by atoms with Crippen LogP contribution < -0.4 is 11.1 Å². The Morgan fingerprint density at radius 3 is 2.10 bits per heavy atom. The zero-order valence-electron chi connectivity index (χ0n) is 10.8. The summed E-state index contributed by atoms with van der Waals surface area (Å²) in [6.07, 6.45) is -2.54. The highest BCUT2D eigenvalue weighted by Gasteiger charge is 2.16. The van der Waals surface area contributed by atoms with E-state index in [4.69, 9.17) is 5.73 Å². The largest absolute Gasteiger partial charge is 0.381 e. The predicted octanol–water partition coefficient (Wildman–Crippen LogP) is 3.99. The highest BCUT2D eigenvalue weighted by atomic mass is 35.5. The third-order valence-electron chi connectivity index (χ3n) is 2.91. The van der Waals surface area contributed by atoms with Crippen molar-refractivity contribution >= 4 is 18.1 Å². The van der Waals surface area contributed by atoms with Crippen molar-refractivity contribution in [3.05, 3.63) is 65.7 Å². The van der Waals surface area contributed by atoms with E-state index in [9.17, 15) is 8.78 Å². The fourth-order valence-corrected chi connectivity index (χ4v) is 1.77. The minimum absolute atomic E-state index is 0. The Bertz CT molecular complexity index is 503. The predicted molar refractivity (Wildman–Crippen MR) is 80.4 cm³/mol. The van der Waals surface area contributed by atoms with Gasteiger partial charge in [-0.2, -0.15) is 0 Å². The van der Waals surface area contributed by atoms with Gasteiger partial charge in [0.05, 0.1) is 6.04 Å². The number of anilines is 1. The van der Waals surface area contributed by atoms with E-state index >= 15 is 0 Å². The van der Waals surface area contributed by atoms with Crippen molar-refractivity contribution in [2.45, 2.75) is 19.0 Å². The van der Waals surface area contributed by atoms with E-state index in [1.54, 1.807) is 24.3 Å². The Balaban J connectivity index is 0.00000200. The standard InChI is InChI=1S/C15H16F2N2.ClH/c16-15(17)14(18)12-6-8-13(9-7-12)19-10-11-4-2-1-3-5-11;/h1-9,14-15,19H,10,18H2;1H/t14-;/m0./s1. The molecule has 3 N–H and O–H groups in total. The molecule has 0 aliphatic heterocycles. The van der Waals surface area contributed by atoms with E-state index in [0.717, 1.165) is 11.3 Å². The van der Waals surface area contributed by atoms with Crippen molar-refractivity contribution < 1.29 is 8.78 Å². The van der Waals surface area contributed by atoms with Crippen molar-refractivity contribution in [1.29, 1.82) is 0 Å². The van der Waals surface area contributed by atoms with E-state index < -0.39 is 12.5 Å². The van der Waals surface area contributed by atoms with E-state index in [0.29, 0.717) is 12.1 Å². The molecule has 0 unspecified atom stereocenters. The second-order valence-electron chi connectivity index (χ2n) is 4.32. The molecule has 0 heterocycles. The Morgan fingerprint density at radius 1 is 0.950 bits per heavy atom. The topological polar surface area (TPSA) is 38.0 Å². The zero-order chi connectivity index (χ0) is 13.7. The SMILES string of the molecule is Cl.N[C@@H](c1ccc(NCc2ccccc2)cc1)C(F)F. The molecule has 2 aromatic carbocycles. The van der Waals surface area contributed by atoms with Gasteiger partial charge in [0.25, 0.3) is 6.43 Å². The second kappa shape index (κ2) is 7.82. The highest BCUT2D eigenvalue weighted by molar-refractivity contribution is 5.85. The van der Waals surface area contributed by atoms with Gasteiger partial charge >= 0.3 is 0 Å². The van der Waals surface area contributed by atoms with Gasteiger partial charge in [0, 0.05) is 12.2 Å². The summed E-state index contributed by atoms with van der Waals surface area (Å²) in [7, 11) is 0. The van der Waals surface area contributed by atoms with Gasteiger partial charge in [0.1, 0.15) is 0 Å². The molecule has 5 heteroatoms. The average molecular weight is 299 g/mol. The van der Waals surface area contributed by atoms with Crippen LogP contribution in [0.3, 0.4) is 0 Å². The summed E-state index contributed by atoms with van der Waals surface area (Å²) in [6, 6.07) is 15.5. The van der Waals surface area contributed by atoms with E-state index in [1.807, 2.05) is 30.3 Å². The minimum Gasteiger partial charge on any atom is -0.381 e. The van der Waals surface area contributed by atoms with Gasteiger partial charge in [-0.3, -0.25) is 0 Å². The van der Waals surface area contributed by atoms with Crippen molar-refractivity contribution in [2.24, 2.45) is 5.73 Å². The Kier molecular flexibility index (Phi) is 6.42. The molecular weight excluding hydrogens is 282 g/mol. The summed E-state index contributed by atoms with van der Waals surface area (Å²) in [6.45, 7) is 0.696. The summed E-state index contributed by atoms with van der Waals surface area (Å²) in [5.41, 5.74) is 7.87. The second-order valence-corrected chi connectivity index (χ2v) is 4.32. The number of benzene rings is 2. The summed E-state index contributed by atoms with van der Waals surface area (Å²) in [5, 5.41) is 3.23. The molecular formula is C15H17ClF2N2. The summed E-state index contributed by atoms with van der Waals surface area (Å²) in [5.74, 6) is 0. The van der Waals surface area contributed by atoms with Crippen LogP contribution in [0.5, 0.6) is 0 Å². The maximum Gasteiger partial charge on any atom is 0.257 e. The van der Waals surface area contributed by atoms with E-state index in [-0.39, 0.29) is 12.4 Å². The van der Waals surface area contributed by atoms with Crippen molar-refractivity contribution in [1.82, 2.24) is 0 Å². The molecule has 0 spiro atoms. The van der Waals surface area contributed by atoms with Crippen LogP contribution in [0.15, 0.2) is 54.6 Å². The fourth-order valence-electron chi connectivity index (χ4n) is 1.77. The molecule has 2 nitrogen and oxygen atoms in total. The zero-order valence-corrected chi connectivity index (χ0v) is 11.6. The Morgan fingerprint density at radius 2 is 1.55 bits per heavy atom. The first-order valence-electron chi connectivity index (χ1n) is 6.08. The monoisotopic (exact) mass is 298 g/mol. The molecule has 0 radical (unpaired) electrons. The number of halogens is 3. The lowest BCUT2D eigenvalue weighted by molar-refractivity contribution is 0.116. The number of alkyl halides is 2. The van der Waals surface area contributed by atoms with Gasteiger partial charge in [-0.25, -0.2) is 8.78 Å². The van der Waals surface area contributed by atoms with Crippen LogP contribution in [0, 0.1) is 0 Å². The van der Waals surface area contributed by atoms with Gasteiger partial charge in [0.2, 0.25) is 0 Å². The molecule has 20 heavy (non-hydrogen) atoms. The smallest absolute Gasteiger partial charge is 0.257 e. The van der Waals surface area contributed by atoms with Crippen LogP contribution in [-0.2, 0) is 6.54 Å². The van der Waals surface area contributed by atoms with Gasteiger partial charge in [-0.15, -0.1) is 12.4 Å². The molecule has 108 valence electrons. The third kappa shape index (κ3) is 4.47. The maximum atomic E-state index is 12.4. The van der Waals surface area contributed by atoms with Gasteiger partial charge in [-0.05, 0) is 23.3 Å². The molecule has 0 amide bonds. The van der Waals surface area contributed by atoms with Crippen LogP contribution >= 0.6 is 12.4 Å². The molecule has 0 saturated heterocycles. The molecule has 0 saturated carbocycles. The minimum atomic E-state index is -2.54. The molecule has 2 aromatic rings. The van der Waals surface area contributed by atoms with E-state index in [1.165, 1.54) is 0 Å². The first-order chi connectivity index (χ1) is 9.16.